The van der Waals surface area contributed by atoms with Gasteiger partial charge in [-0.2, -0.15) is 5.10 Å². The molecular formula is C12H18N2O2S. The second-order valence-electron chi connectivity index (χ2n) is 4.57. The zero-order valence-corrected chi connectivity index (χ0v) is 11.1. The first-order chi connectivity index (χ1) is 8.09. The molecule has 17 heavy (non-hydrogen) atoms. The molecule has 0 bridgehead atoms. The minimum absolute atomic E-state index is 0.378. The van der Waals surface area contributed by atoms with Crippen molar-refractivity contribution in [3.05, 3.63) is 11.3 Å². The number of aromatic nitrogens is 2. The predicted molar refractivity (Wildman–Crippen MR) is 67.6 cm³/mol. The lowest BCUT2D eigenvalue weighted by atomic mass is 10.0. The molecule has 1 aliphatic carbocycles. The molecule has 1 aromatic rings. The summed E-state index contributed by atoms with van der Waals surface area (Å²) in [4.78, 5) is 11.2. The van der Waals surface area contributed by atoms with Crippen molar-refractivity contribution < 1.29 is 9.90 Å². The molecule has 1 saturated carbocycles. The fraction of sp³-hybridized carbons (Fsp3) is 0.667. The van der Waals surface area contributed by atoms with Crippen LogP contribution in [0.2, 0.25) is 0 Å². The highest BCUT2D eigenvalue weighted by molar-refractivity contribution is 8.00. The van der Waals surface area contributed by atoms with Crippen molar-refractivity contribution in [2.45, 2.75) is 49.3 Å². The molecule has 0 spiro atoms. The van der Waals surface area contributed by atoms with Crippen LogP contribution < -0.4 is 0 Å². The van der Waals surface area contributed by atoms with E-state index in [9.17, 15) is 9.90 Å². The van der Waals surface area contributed by atoms with Crippen LogP contribution in [0.25, 0.3) is 0 Å². The summed E-state index contributed by atoms with van der Waals surface area (Å²) in [6.45, 7) is 1.76. The van der Waals surface area contributed by atoms with Crippen LogP contribution in [-0.4, -0.2) is 26.1 Å². The monoisotopic (exact) mass is 254 g/mol. The molecule has 0 aliphatic heterocycles. The summed E-state index contributed by atoms with van der Waals surface area (Å²) in [6, 6.07) is 0. The highest BCUT2D eigenvalue weighted by atomic mass is 32.2. The third-order valence-corrected chi connectivity index (χ3v) is 4.71. The molecule has 0 aromatic carbocycles. The van der Waals surface area contributed by atoms with E-state index in [1.807, 2.05) is 7.05 Å². The van der Waals surface area contributed by atoms with Gasteiger partial charge in [0.15, 0.2) is 0 Å². The molecule has 0 saturated heterocycles. The first kappa shape index (κ1) is 12.5. The van der Waals surface area contributed by atoms with Crippen LogP contribution in [0.1, 0.15) is 48.2 Å². The summed E-state index contributed by atoms with van der Waals surface area (Å²) in [5.74, 6) is -0.867. The van der Waals surface area contributed by atoms with Crippen molar-refractivity contribution in [2.24, 2.45) is 7.05 Å². The van der Waals surface area contributed by atoms with E-state index in [-0.39, 0.29) is 0 Å². The number of nitrogens with zero attached hydrogens (tertiary/aromatic N) is 2. The van der Waals surface area contributed by atoms with Crippen LogP contribution >= 0.6 is 11.8 Å². The van der Waals surface area contributed by atoms with Crippen LogP contribution in [0, 0.1) is 6.92 Å². The largest absolute Gasteiger partial charge is 0.478 e. The van der Waals surface area contributed by atoms with Crippen LogP contribution in [0.3, 0.4) is 0 Å². The van der Waals surface area contributed by atoms with E-state index in [0.29, 0.717) is 16.5 Å². The quantitative estimate of drug-likeness (QED) is 0.901. The first-order valence-corrected chi connectivity index (χ1v) is 6.91. The minimum atomic E-state index is -0.867. The molecule has 5 heteroatoms. The van der Waals surface area contributed by atoms with E-state index < -0.39 is 5.97 Å². The van der Waals surface area contributed by atoms with Crippen molar-refractivity contribution >= 4 is 17.7 Å². The molecule has 0 amide bonds. The van der Waals surface area contributed by atoms with Gasteiger partial charge in [-0.25, -0.2) is 4.79 Å². The number of hydrogen-bond acceptors (Lipinski definition) is 3. The number of hydrogen-bond donors (Lipinski definition) is 1. The van der Waals surface area contributed by atoms with Gasteiger partial charge in [-0.15, -0.1) is 11.8 Å². The topological polar surface area (TPSA) is 55.1 Å². The summed E-state index contributed by atoms with van der Waals surface area (Å²) in [5.41, 5.74) is 0.987. The molecular weight excluding hydrogens is 236 g/mol. The summed E-state index contributed by atoms with van der Waals surface area (Å²) < 4.78 is 1.71. The third kappa shape index (κ3) is 2.65. The zero-order valence-electron chi connectivity index (χ0n) is 10.3. The molecule has 0 atom stereocenters. The third-order valence-electron chi connectivity index (χ3n) is 3.21. The first-order valence-electron chi connectivity index (χ1n) is 6.03. The van der Waals surface area contributed by atoms with E-state index in [4.69, 9.17) is 0 Å². The number of carbonyl (C=O) groups is 1. The summed E-state index contributed by atoms with van der Waals surface area (Å²) in [7, 11) is 1.82. The summed E-state index contributed by atoms with van der Waals surface area (Å²) in [6.07, 6.45) is 6.21. The molecule has 1 N–H and O–H groups in total. The van der Waals surface area contributed by atoms with E-state index in [2.05, 4.69) is 5.10 Å². The van der Waals surface area contributed by atoms with Gasteiger partial charge >= 0.3 is 5.97 Å². The van der Waals surface area contributed by atoms with Gasteiger partial charge in [0.25, 0.3) is 0 Å². The van der Waals surface area contributed by atoms with Gasteiger partial charge in [0.05, 0.1) is 5.69 Å². The Morgan fingerprint density at radius 2 is 2.06 bits per heavy atom. The van der Waals surface area contributed by atoms with Crippen LogP contribution in [0.5, 0.6) is 0 Å². The summed E-state index contributed by atoms with van der Waals surface area (Å²) >= 11 is 1.69. The second kappa shape index (κ2) is 5.12. The fourth-order valence-corrected chi connectivity index (χ4v) is 3.79. The van der Waals surface area contributed by atoms with Gasteiger partial charge in [-0.1, -0.05) is 19.3 Å². The number of thioether (sulfide) groups is 1. The van der Waals surface area contributed by atoms with Crippen molar-refractivity contribution in [2.75, 3.05) is 0 Å². The molecule has 1 aliphatic rings. The van der Waals surface area contributed by atoms with Crippen LogP contribution in [0.15, 0.2) is 5.03 Å². The fourth-order valence-electron chi connectivity index (χ4n) is 2.36. The average molecular weight is 254 g/mol. The molecule has 1 heterocycles. The maximum atomic E-state index is 11.2. The molecule has 0 radical (unpaired) electrons. The molecule has 94 valence electrons. The van der Waals surface area contributed by atoms with Gasteiger partial charge < -0.3 is 5.11 Å². The number of rotatable bonds is 3. The number of aromatic carboxylic acids is 1. The Bertz CT molecular complexity index is 422. The van der Waals surface area contributed by atoms with E-state index >= 15 is 0 Å². The minimum Gasteiger partial charge on any atom is -0.478 e. The van der Waals surface area contributed by atoms with Gasteiger partial charge in [-0.3, -0.25) is 4.68 Å². The standard InChI is InChI=1S/C12H18N2O2S/c1-8-10(12(15)16)11(14(2)13-8)17-9-6-4-3-5-7-9/h9H,3-7H2,1-2H3,(H,15,16). The van der Waals surface area contributed by atoms with Crippen LogP contribution in [-0.2, 0) is 7.05 Å². The molecule has 1 aromatic heterocycles. The van der Waals surface area contributed by atoms with Gasteiger partial charge in [-0.05, 0) is 19.8 Å². The smallest absolute Gasteiger partial charge is 0.340 e. The van der Waals surface area contributed by atoms with E-state index in [0.717, 1.165) is 5.03 Å². The maximum absolute atomic E-state index is 11.2. The molecule has 1 fully saturated rings. The molecule has 0 unspecified atom stereocenters. The number of carboxylic acid groups (broad SMARTS) is 1. The second-order valence-corrected chi connectivity index (χ2v) is 5.86. The Balaban J connectivity index is 2.21. The number of carboxylic acids is 1. The maximum Gasteiger partial charge on any atom is 0.340 e. The number of aryl methyl sites for hydroxylation is 2. The highest BCUT2D eigenvalue weighted by Crippen LogP contribution is 2.35. The lowest BCUT2D eigenvalue weighted by Crippen LogP contribution is -2.10. The van der Waals surface area contributed by atoms with Crippen molar-refractivity contribution in [1.29, 1.82) is 0 Å². The Morgan fingerprint density at radius 1 is 1.41 bits per heavy atom. The average Bonchev–Trinajstić information content (AvgIpc) is 2.55. The van der Waals surface area contributed by atoms with Crippen molar-refractivity contribution in [1.82, 2.24) is 9.78 Å². The Morgan fingerprint density at radius 3 is 2.65 bits per heavy atom. The Hall–Kier alpha value is -0.970. The van der Waals surface area contributed by atoms with E-state index in [1.54, 1.807) is 23.4 Å². The molecule has 4 nitrogen and oxygen atoms in total. The van der Waals surface area contributed by atoms with Gasteiger partial charge in [0, 0.05) is 12.3 Å². The van der Waals surface area contributed by atoms with Crippen molar-refractivity contribution in [3.63, 3.8) is 0 Å². The van der Waals surface area contributed by atoms with Gasteiger partial charge in [0.2, 0.25) is 0 Å². The summed E-state index contributed by atoms with van der Waals surface area (Å²) in [5, 5.41) is 14.8. The normalized spacial score (nSPS) is 17.3. The lowest BCUT2D eigenvalue weighted by molar-refractivity contribution is 0.0692. The highest BCUT2D eigenvalue weighted by Gasteiger charge is 2.24. The Labute approximate surface area is 105 Å². The SMILES string of the molecule is Cc1nn(C)c(SC2CCCCC2)c1C(=O)O. The lowest BCUT2D eigenvalue weighted by Gasteiger charge is -2.21. The van der Waals surface area contributed by atoms with Gasteiger partial charge in [0.1, 0.15) is 10.6 Å². The van der Waals surface area contributed by atoms with E-state index in [1.165, 1.54) is 32.1 Å². The zero-order chi connectivity index (χ0) is 12.4. The molecule has 2 rings (SSSR count). The van der Waals surface area contributed by atoms with Crippen LogP contribution in [0.4, 0.5) is 0 Å². The van der Waals surface area contributed by atoms with Crippen molar-refractivity contribution in [3.8, 4) is 0 Å². The Kier molecular flexibility index (Phi) is 3.76. The predicted octanol–water partition coefficient (Wildman–Crippen LogP) is 2.85.